The first-order valence-electron chi connectivity index (χ1n) is 10.2. The van der Waals surface area contributed by atoms with Crippen LogP contribution in [0.15, 0.2) is 60.8 Å². The number of nitrogens with zero attached hydrogens (tertiary/aromatic N) is 2. The largest absolute Gasteiger partial charge is 0.416 e. The smallest absolute Gasteiger partial charge is 0.410 e. The van der Waals surface area contributed by atoms with Crippen LogP contribution >= 0.6 is 0 Å². The number of amides is 2. The lowest BCUT2D eigenvalue weighted by atomic mass is 10.1. The zero-order valence-corrected chi connectivity index (χ0v) is 17.0. The summed E-state index contributed by atoms with van der Waals surface area (Å²) in [7, 11) is 1.95. The Morgan fingerprint density at radius 1 is 1.10 bits per heavy atom. The first kappa shape index (κ1) is 20.0. The van der Waals surface area contributed by atoms with E-state index in [0.717, 1.165) is 16.5 Å². The fraction of sp³-hybridized carbons (Fsp3) is 0.304. The summed E-state index contributed by atoms with van der Waals surface area (Å²) in [5.41, 5.74) is 2.24. The molecule has 1 atom stereocenters. The lowest BCUT2D eigenvalue weighted by Gasteiger charge is -2.38. The Kier molecular flexibility index (Phi) is 5.99. The Bertz CT molecular complexity index is 1020. The highest BCUT2D eigenvalue weighted by Gasteiger charge is 2.35. The number of nitrogens with one attached hydrogen (secondary N) is 2. The van der Waals surface area contributed by atoms with Gasteiger partial charge in [0, 0.05) is 43.3 Å². The van der Waals surface area contributed by atoms with Crippen LogP contribution in [0, 0.1) is 0 Å². The number of fused-ring (bicyclic) bond motifs is 1. The molecule has 1 aromatic heterocycles. The number of ether oxygens (including phenoxy) is 1. The molecule has 156 valence electrons. The van der Waals surface area contributed by atoms with E-state index in [1.807, 2.05) is 49.6 Å². The van der Waals surface area contributed by atoms with Gasteiger partial charge in [-0.2, -0.15) is 0 Å². The summed E-state index contributed by atoms with van der Waals surface area (Å²) >= 11 is 0. The number of aromatic amines is 1. The van der Waals surface area contributed by atoms with Gasteiger partial charge in [0.25, 0.3) is 0 Å². The second kappa shape index (κ2) is 9.00. The van der Waals surface area contributed by atoms with E-state index in [-0.39, 0.29) is 5.91 Å². The summed E-state index contributed by atoms with van der Waals surface area (Å²) in [6, 6.07) is 16.4. The van der Waals surface area contributed by atoms with Crippen LogP contribution < -0.4 is 10.1 Å². The lowest BCUT2D eigenvalue weighted by Crippen LogP contribution is -2.60. The van der Waals surface area contributed by atoms with E-state index < -0.39 is 12.1 Å². The van der Waals surface area contributed by atoms with Crippen LogP contribution in [0.5, 0.6) is 5.75 Å². The molecule has 1 aliphatic heterocycles. The Morgan fingerprint density at radius 2 is 1.87 bits per heavy atom. The number of para-hydroxylation sites is 2. The normalized spacial score (nSPS) is 17.1. The van der Waals surface area contributed by atoms with Crippen molar-refractivity contribution in [2.24, 2.45) is 0 Å². The van der Waals surface area contributed by atoms with Crippen LogP contribution in [-0.4, -0.2) is 66.1 Å². The average molecular weight is 406 g/mol. The van der Waals surface area contributed by atoms with E-state index in [4.69, 9.17) is 4.74 Å². The summed E-state index contributed by atoms with van der Waals surface area (Å²) < 4.78 is 5.47. The van der Waals surface area contributed by atoms with E-state index in [2.05, 4.69) is 21.3 Å². The highest BCUT2D eigenvalue weighted by molar-refractivity contribution is 5.87. The molecule has 1 unspecified atom stereocenters. The maximum Gasteiger partial charge on any atom is 0.416 e. The molecule has 0 spiro atoms. The van der Waals surface area contributed by atoms with Crippen molar-refractivity contribution in [2.45, 2.75) is 12.5 Å². The standard InChI is InChI=1S/C23H26N4O3/c1-26-13-14-27(23(29)30-18-7-3-2-4-8-18)21(16-26)22(28)24-12-11-17-15-25-20-10-6-5-9-19(17)20/h2-10,15,21,25H,11-14,16H2,1H3,(H,24,28). The summed E-state index contributed by atoms with van der Waals surface area (Å²) in [5.74, 6) is 0.311. The number of carbonyl (C=O) groups is 2. The van der Waals surface area contributed by atoms with Crippen LogP contribution in [0.1, 0.15) is 5.56 Å². The summed E-state index contributed by atoms with van der Waals surface area (Å²) in [6.45, 7) is 2.12. The minimum Gasteiger partial charge on any atom is -0.410 e. The zero-order chi connectivity index (χ0) is 20.9. The number of rotatable bonds is 5. The maximum atomic E-state index is 12.9. The number of hydrogen-bond acceptors (Lipinski definition) is 4. The molecule has 30 heavy (non-hydrogen) atoms. The Hall–Kier alpha value is -3.32. The maximum absolute atomic E-state index is 12.9. The average Bonchev–Trinajstić information content (AvgIpc) is 3.17. The Balaban J connectivity index is 1.37. The van der Waals surface area contributed by atoms with Crippen molar-refractivity contribution in [1.82, 2.24) is 20.1 Å². The molecule has 3 aromatic rings. The van der Waals surface area contributed by atoms with Gasteiger partial charge < -0.3 is 19.9 Å². The lowest BCUT2D eigenvalue weighted by molar-refractivity contribution is -0.127. The molecule has 2 N–H and O–H groups in total. The van der Waals surface area contributed by atoms with Gasteiger partial charge in [0.2, 0.25) is 5.91 Å². The fourth-order valence-electron chi connectivity index (χ4n) is 3.79. The van der Waals surface area contributed by atoms with Gasteiger partial charge in [0.05, 0.1) is 0 Å². The fourth-order valence-corrected chi connectivity index (χ4v) is 3.79. The molecule has 7 nitrogen and oxygen atoms in total. The van der Waals surface area contributed by atoms with Gasteiger partial charge >= 0.3 is 6.09 Å². The molecule has 0 bridgehead atoms. The van der Waals surface area contributed by atoms with Crippen molar-refractivity contribution in [2.75, 3.05) is 33.2 Å². The van der Waals surface area contributed by atoms with Crippen molar-refractivity contribution < 1.29 is 14.3 Å². The topological polar surface area (TPSA) is 77.7 Å². The molecule has 1 fully saturated rings. The van der Waals surface area contributed by atoms with E-state index in [9.17, 15) is 9.59 Å². The molecule has 0 aliphatic carbocycles. The SMILES string of the molecule is CN1CCN(C(=O)Oc2ccccc2)C(C(=O)NCCc2c[nH]c3ccccc23)C1. The van der Waals surface area contributed by atoms with Gasteiger partial charge in [-0.3, -0.25) is 9.69 Å². The number of aromatic nitrogens is 1. The quantitative estimate of drug-likeness (QED) is 0.683. The minimum atomic E-state index is -0.581. The van der Waals surface area contributed by atoms with Crippen LogP contribution in [0.3, 0.4) is 0 Å². The second-order valence-electron chi connectivity index (χ2n) is 7.55. The van der Waals surface area contributed by atoms with E-state index in [1.54, 1.807) is 12.1 Å². The van der Waals surface area contributed by atoms with Gasteiger partial charge in [-0.15, -0.1) is 0 Å². The minimum absolute atomic E-state index is 0.161. The van der Waals surface area contributed by atoms with E-state index >= 15 is 0 Å². The number of hydrogen-bond donors (Lipinski definition) is 2. The van der Waals surface area contributed by atoms with Gasteiger partial charge in [0.15, 0.2) is 0 Å². The monoisotopic (exact) mass is 406 g/mol. The Labute approximate surface area is 175 Å². The molecule has 2 amide bonds. The summed E-state index contributed by atoms with van der Waals surface area (Å²) in [5, 5.41) is 4.16. The molecule has 1 aliphatic rings. The number of carbonyl (C=O) groups excluding carboxylic acids is 2. The van der Waals surface area contributed by atoms with Crippen LogP contribution in [0.4, 0.5) is 4.79 Å². The van der Waals surface area contributed by atoms with Crippen molar-refractivity contribution >= 4 is 22.9 Å². The molecular weight excluding hydrogens is 380 g/mol. The number of piperazine rings is 1. The van der Waals surface area contributed by atoms with Crippen molar-refractivity contribution in [3.63, 3.8) is 0 Å². The summed E-state index contributed by atoms with van der Waals surface area (Å²) in [6.07, 6.45) is 2.20. The van der Waals surface area contributed by atoms with Gasteiger partial charge in [-0.05, 0) is 37.2 Å². The van der Waals surface area contributed by atoms with Crippen molar-refractivity contribution in [3.8, 4) is 5.75 Å². The number of H-pyrrole nitrogens is 1. The third kappa shape index (κ3) is 4.46. The van der Waals surface area contributed by atoms with Crippen LogP contribution in [-0.2, 0) is 11.2 Å². The van der Waals surface area contributed by atoms with E-state index in [1.165, 1.54) is 4.90 Å². The predicted octanol–water partition coefficient (Wildman–Crippen LogP) is 2.64. The number of likely N-dealkylation sites (N-methyl/N-ethyl adjacent to an activating group) is 1. The molecule has 1 saturated heterocycles. The molecule has 2 heterocycles. The molecule has 4 rings (SSSR count). The highest BCUT2D eigenvalue weighted by atomic mass is 16.6. The first-order valence-corrected chi connectivity index (χ1v) is 10.2. The van der Waals surface area contributed by atoms with Gasteiger partial charge in [0.1, 0.15) is 11.8 Å². The second-order valence-corrected chi connectivity index (χ2v) is 7.55. The molecular formula is C23H26N4O3. The number of benzene rings is 2. The molecule has 7 heteroatoms. The van der Waals surface area contributed by atoms with Crippen LogP contribution in [0.25, 0.3) is 10.9 Å². The third-order valence-corrected chi connectivity index (χ3v) is 5.44. The third-order valence-electron chi connectivity index (χ3n) is 5.44. The van der Waals surface area contributed by atoms with E-state index in [0.29, 0.717) is 38.3 Å². The van der Waals surface area contributed by atoms with Crippen molar-refractivity contribution in [3.05, 3.63) is 66.4 Å². The predicted molar refractivity (Wildman–Crippen MR) is 115 cm³/mol. The Morgan fingerprint density at radius 3 is 2.70 bits per heavy atom. The van der Waals surface area contributed by atoms with Crippen LogP contribution in [0.2, 0.25) is 0 Å². The zero-order valence-electron chi connectivity index (χ0n) is 17.0. The molecule has 0 saturated carbocycles. The van der Waals surface area contributed by atoms with Gasteiger partial charge in [-0.1, -0.05) is 36.4 Å². The molecule has 2 aromatic carbocycles. The first-order chi connectivity index (χ1) is 14.6. The van der Waals surface area contributed by atoms with Crippen molar-refractivity contribution in [1.29, 1.82) is 0 Å². The highest BCUT2D eigenvalue weighted by Crippen LogP contribution is 2.18. The molecule has 0 radical (unpaired) electrons. The van der Waals surface area contributed by atoms with Gasteiger partial charge in [-0.25, -0.2) is 4.79 Å². The summed E-state index contributed by atoms with van der Waals surface area (Å²) in [4.78, 5) is 32.4.